The summed E-state index contributed by atoms with van der Waals surface area (Å²) in [5.41, 5.74) is -0.274. The van der Waals surface area contributed by atoms with Crippen LogP contribution < -0.4 is 5.32 Å². The first-order valence-corrected chi connectivity index (χ1v) is 8.32. The number of hydrogen-bond acceptors (Lipinski definition) is 3. The maximum atomic E-state index is 12.9. The Hall–Kier alpha value is -2.84. The van der Waals surface area contributed by atoms with Crippen LogP contribution in [0.3, 0.4) is 0 Å². The van der Waals surface area contributed by atoms with E-state index in [4.69, 9.17) is 0 Å². The van der Waals surface area contributed by atoms with E-state index in [0.29, 0.717) is 12.1 Å². The highest BCUT2D eigenvalue weighted by molar-refractivity contribution is 5.97. The van der Waals surface area contributed by atoms with Gasteiger partial charge in [0.05, 0.1) is 28.7 Å². The van der Waals surface area contributed by atoms with Gasteiger partial charge in [-0.1, -0.05) is 26.3 Å². The molecule has 2 aromatic rings. The minimum Gasteiger partial charge on any atom is -0.480 e. The van der Waals surface area contributed by atoms with Gasteiger partial charge < -0.3 is 10.4 Å². The Morgan fingerprint density at radius 2 is 2.00 bits per heavy atom. The lowest BCUT2D eigenvalue weighted by atomic mass is 9.99. The molecule has 6 nitrogen and oxygen atoms in total. The number of nitrogens with one attached hydrogen (secondary N) is 1. The molecule has 0 fully saturated rings. The predicted molar refractivity (Wildman–Crippen MR) is 91.6 cm³/mol. The van der Waals surface area contributed by atoms with Crippen molar-refractivity contribution in [2.75, 3.05) is 0 Å². The lowest BCUT2D eigenvalue weighted by molar-refractivity contribution is -0.140. The Kier molecular flexibility index (Phi) is 5.92. The van der Waals surface area contributed by atoms with Gasteiger partial charge in [-0.15, -0.1) is 0 Å². The number of carbonyl (C=O) groups excluding carboxylic acids is 1. The zero-order chi connectivity index (χ0) is 20.4. The average molecular weight is 383 g/mol. The van der Waals surface area contributed by atoms with E-state index < -0.39 is 29.7 Å². The molecule has 9 heteroatoms. The molecule has 2 N–H and O–H groups in total. The van der Waals surface area contributed by atoms with Gasteiger partial charge in [0.1, 0.15) is 6.04 Å². The molecule has 0 aliphatic heterocycles. The summed E-state index contributed by atoms with van der Waals surface area (Å²) < 4.78 is 39.9. The van der Waals surface area contributed by atoms with Gasteiger partial charge in [0.15, 0.2) is 0 Å². The third-order valence-corrected chi connectivity index (χ3v) is 4.44. The molecule has 1 heterocycles. The topological polar surface area (TPSA) is 84.2 Å². The summed E-state index contributed by atoms with van der Waals surface area (Å²) >= 11 is 0. The Morgan fingerprint density at radius 3 is 2.56 bits per heavy atom. The molecule has 1 aromatic carbocycles. The monoisotopic (exact) mass is 383 g/mol. The van der Waals surface area contributed by atoms with Gasteiger partial charge in [-0.3, -0.25) is 4.79 Å². The van der Waals surface area contributed by atoms with E-state index in [1.165, 1.54) is 29.9 Å². The molecule has 146 valence electrons. The molecule has 0 bridgehead atoms. The SMILES string of the molecule is CC[C@H](C)[C@H](NC(=O)c1cnn(-c2cccc(C(F)(F)F)c2)c1C)C(=O)O. The van der Waals surface area contributed by atoms with Crippen molar-refractivity contribution >= 4 is 11.9 Å². The van der Waals surface area contributed by atoms with Gasteiger partial charge in [-0.2, -0.15) is 18.3 Å². The molecule has 1 aromatic heterocycles. The van der Waals surface area contributed by atoms with Crippen LogP contribution in [0.2, 0.25) is 0 Å². The molecule has 0 spiro atoms. The van der Waals surface area contributed by atoms with Crippen molar-refractivity contribution in [3.8, 4) is 5.69 Å². The first kappa shape index (κ1) is 20.5. The number of carbonyl (C=O) groups is 2. The standard InChI is InChI=1S/C18H20F3N3O3/c1-4-10(2)15(17(26)27)23-16(25)14-9-22-24(11(14)3)13-7-5-6-12(8-13)18(19,20)21/h5-10,15H,4H2,1-3H3,(H,23,25)(H,26,27)/t10-,15-/m0/s1. The highest BCUT2D eigenvalue weighted by Gasteiger charge is 2.31. The van der Waals surface area contributed by atoms with Crippen LogP contribution in [-0.2, 0) is 11.0 Å². The second kappa shape index (κ2) is 7.81. The average Bonchev–Trinajstić information content (AvgIpc) is 2.99. The van der Waals surface area contributed by atoms with E-state index in [1.807, 2.05) is 6.92 Å². The third kappa shape index (κ3) is 4.47. The zero-order valence-electron chi connectivity index (χ0n) is 15.0. The van der Waals surface area contributed by atoms with Gasteiger partial charge in [-0.05, 0) is 31.0 Å². The molecular weight excluding hydrogens is 363 g/mol. The molecule has 0 saturated carbocycles. The number of rotatable bonds is 6. The number of benzene rings is 1. The molecule has 0 saturated heterocycles. The summed E-state index contributed by atoms with van der Waals surface area (Å²) in [6, 6.07) is 3.50. The first-order valence-electron chi connectivity index (χ1n) is 8.32. The Labute approximate surface area is 154 Å². The van der Waals surface area contributed by atoms with E-state index >= 15 is 0 Å². The lowest BCUT2D eigenvalue weighted by Gasteiger charge is -2.20. The largest absolute Gasteiger partial charge is 0.480 e. The number of aromatic nitrogens is 2. The molecular formula is C18H20F3N3O3. The van der Waals surface area contributed by atoms with Crippen LogP contribution in [0.5, 0.6) is 0 Å². The summed E-state index contributed by atoms with van der Waals surface area (Å²) in [4.78, 5) is 23.8. The maximum Gasteiger partial charge on any atom is 0.416 e. The molecule has 2 rings (SSSR count). The maximum absolute atomic E-state index is 12.9. The van der Waals surface area contributed by atoms with Crippen LogP contribution in [0, 0.1) is 12.8 Å². The van der Waals surface area contributed by atoms with E-state index in [0.717, 1.165) is 12.1 Å². The van der Waals surface area contributed by atoms with E-state index in [-0.39, 0.29) is 17.2 Å². The molecule has 0 aliphatic carbocycles. The van der Waals surface area contributed by atoms with E-state index in [2.05, 4.69) is 10.4 Å². The summed E-state index contributed by atoms with van der Waals surface area (Å²) in [5.74, 6) is -2.08. The molecule has 0 unspecified atom stereocenters. The molecule has 2 atom stereocenters. The van der Waals surface area contributed by atoms with Crippen LogP contribution >= 0.6 is 0 Å². The summed E-state index contributed by atoms with van der Waals surface area (Å²) in [7, 11) is 0. The van der Waals surface area contributed by atoms with Crippen LogP contribution in [0.25, 0.3) is 5.69 Å². The second-order valence-electron chi connectivity index (χ2n) is 6.28. The van der Waals surface area contributed by atoms with Gasteiger partial charge in [0, 0.05) is 0 Å². The summed E-state index contributed by atoms with van der Waals surface area (Å²) in [5, 5.41) is 15.7. The van der Waals surface area contributed by atoms with Gasteiger partial charge in [0.25, 0.3) is 5.91 Å². The smallest absolute Gasteiger partial charge is 0.416 e. The van der Waals surface area contributed by atoms with Crippen molar-refractivity contribution < 1.29 is 27.9 Å². The number of aliphatic carboxylic acids is 1. The Balaban J connectivity index is 2.32. The number of carboxylic acid groups (broad SMARTS) is 1. The number of alkyl halides is 3. The van der Waals surface area contributed by atoms with Crippen molar-refractivity contribution in [1.82, 2.24) is 15.1 Å². The fourth-order valence-electron chi connectivity index (χ4n) is 2.61. The van der Waals surface area contributed by atoms with Crippen LogP contribution in [0.1, 0.15) is 41.9 Å². The van der Waals surface area contributed by atoms with Crippen LogP contribution in [-0.4, -0.2) is 32.8 Å². The Morgan fingerprint density at radius 1 is 1.33 bits per heavy atom. The van der Waals surface area contributed by atoms with E-state index in [9.17, 15) is 27.9 Å². The highest BCUT2D eigenvalue weighted by atomic mass is 19.4. The minimum absolute atomic E-state index is 0.0990. The molecule has 1 amide bonds. The normalized spacial score (nSPS) is 13.9. The molecule has 27 heavy (non-hydrogen) atoms. The summed E-state index contributed by atoms with van der Waals surface area (Å²) in [6.45, 7) is 5.04. The first-order chi connectivity index (χ1) is 12.6. The number of hydrogen-bond donors (Lipinski definition) is 2. The lowest BCUT2D eigenvalue weighted by Crippen LogP contribution is -2.45. The van der Waals surface area contributed by atoms with Crippen molar-refractivity contribution in [2.24, 2.45) is 5.92 Å². The van der Waals surface area contributed by atoms with Crippen molar-refractivity contribution in [1.29, 1.82) is 0 Å². The molecule has 0 aliphatic rings. The van der Waals surface area contributed by atoms with Gasteiger partial charge >= 0.3 is 12.1 Å². The highest BCUT2D eigenvalue weighted by Crippen LogP contribution is 2.30. The fourth-order valence-corrected chi connectivity index (χ4v) is 2.61. The van der Waals surface area contributed by atoms with Crippen molar-refractivity contribution in [3.63, 3.8) is 0 Å². The fraction of sp³-hybridized carbons (Fsp3) is 0.389. The minimum atomic E-state index is -4.50. The predicted octanol–water partition coefficient (Wildman–Crippen LogP) is 3.43. The van der Waals surface area contributed by atoms with Crippen LogP contribution in [0.4, 0.5) is 13.2 Å². The second-order valence-corrected chi connectivity index (χ2v) is 6.28. The van der Waals surface area contributed by atoms with E-state index in [1.54, 1.807) is 6.92 Å². The Bertz CT molecular complexity index is 846. The zero-order valence-corrected chi connectivity index (χ0v) is 15.0. The van der Waals surface area contributed by atoms with Gasteiger partial charge in [-0.25, -0.2) is 9.48 Å². The molecule has 0 radical (unpaired) electrons. The summed E-state index contributed by atoms with van der Waals surface area (Å²) in [6.07, 6.45) is -2.73. The van der Waals surface area contributed by atoms with Crippen LogP contribution in [0.15, 0.2) is 30.5 Å². The number of amides is 1. The number of carboxylic acids is 1. The number of nitrogens with zero attached hydrogens (tertiary/aromatic N) is 2. The van der Waals surface area contributed by atoms with Crippen molar-refractivity contribution in [2.45, 2.75) is 39.4 Å². The number of halogens is 3. The van der Waals surface area contributed by atoms with Gasteiger partial charge in [0.2, 0.25) is 0 Å². The third-order valence-electron chi connectivity index (χ3n) is 4.44. The quantitative estimate of drug-likeness (QED) is 0.801. The van der Waals surface area contributed by atoms with Crippen molar-refractivity contribution in [3.05, 3.63) is 47.3 Å².